The molecule has 1 fully saturated rings. The topological polar surface area (TPSA) is 58.9 Å². The summed E-state index contributed by atoms with van der Waals surface area (Å²) in [5.41, 5.74) is 6.83. The molecule has 0 saturated carbocycles. The van der Waals surface area contributed by atoms with Crippen LogP contribution in [0.15, 0.2) is 73.3 Å². The van der Waals surface area contributed by atoms with Gasteiger partial charge in [-0.3, -0.25) is 9.97 Å². The smallest absolute Gasteiger partial charge is 0.170 e. The summed E-state index contributed by atoms with van der Waals surface area (Å²) >= 11 is 5.84. The van der Waals surface area contributed by atoms with Crippen molar-refractivity contribution in [3.63, 3.8) is 0 Å². The van der Waals surface area contributed by atoms with Gasteiger partial charge in [0.1, 0.15) is 5.82 Å². The van der Waals surface area contributed by atoms with Crippen LogP contribution in [0.2, 0.25) is 0 Å². The van der Waals surface area contributed by atoms with Crippen LogP contribution in [0.1, 0.15) is 45.9 Å². The fraction of sp³-hybridized carbons (Fsp3) is 0.231. The predicted octanol–water partition coefficient (Wildman–Crippen LogP) is 4.76. The highest BCUT2D eigenvalue weighted by molar-refractivity contribution is 7.80. The molecule has 0 bridgehead atoms. The Labute approximate surface area is 199 Å². The molecule has 4 aromatic heterocycles. The van der Waals surface area contributed by atoms with E-state index < -0.39 is 0 Å². The molecule has 5 heterocycles. The largest absolute Gasteiger partial charge is 0.352 e. The maximum atomic E-state index is 5.84. The van der Waals surface area contributed by atoms with E-state index in [1.54, 1.807) is 0 Å². The normalized spacial score (nSPS) is 17.9. The SMILES string of the molecule is Cc1ccnc(-n2c(C)cc([C@H]3[C@@H](c4ccccn4)NC(=S)N3Cc3ccncc3)c2C)c1. The zero-order chi connectivity index (χ0) is 22.9. The average Bonchev–Trinajstić information content (AvgIpc) is 3.30. The standard InChI is InChI=1S/C26H26N6S/c1-17-7-13-29-23(14-17)32-18(2)15-21(19(32)3)25-24(22-6-4-5-10-28-22)30-26(33)31(25)16-20-8-11-27-12-9-20/h4-15,24-25H,16H2,1-3H3,(H,30,33)/t24-,25+/m1/s1. The van der Waals surface area contributed by atoms with Crippen molar-refractivity contribution in [1.82, 2.24) is 29.7 Å². The number of hydrogen-bond acceptors (Lipinski definition) is 4. The molecule has 166 valence electrons. The first-order valence-corrected chi connectivity index (χ1v) is 11.4. The summed E-state index contributed by atoms with van der Waals surface area (Å²) < 4.78 is 2.23. The molecule has 4 aromatic rings. The molecule has 0 aliphatic carbocycles. The Kier molecular flexibility index (Phi) is 5.64. The van der Waals surface area contributed by atoms with Crippen LogP contribution in [0.4, 0.5) is 0 Å². The molecule has 2 atom stereocenters. The van der Waals surface area contributed by atoms with E-state index in [-0.39, 0.29) is 12.1 Å². The lowest BCUT2D eigenvalue weighted by Crippen LogP contribution is -2.29. The molecule has 6 nitrogen and oxygen atoms in total. The lowest BCUT2D eigenvalue weighted by Gasteiger charge is -2.28. The molecule has 0 spiro atoms. The quantitative estimate of drug-likeness (QED) is 0.439. The third-order valence-corrected chi connectivity index (χ3v) is 6.57. The van der Waals surface area contributed by atoms with E-state index in [0.29, 0.717) is 6.54 Å². The minimum atomic E-state index is -0.0556. The molecule has 0 radical (unpaired) electrons. The third-order valence-electron chi connectivity index (χ3n) is 6.22. The molecule has 1 aliphatic heterocycles. The van der Waals surface area contributed by atoms with Gasteiger partial charge in [-0.25, -0.2) is 4.98 Å². The van der Waals surface area contributed by atoms with Crippen LogP contribution in [0.3, 0.4) is 0 Å². The molecule has 0 aromatic carbocycles. The summed E-state index contributed by atoms with van der Waals surface area (Å²) in [4.78, 5) is 15.7. The highest BCUT2D eigenvalue weighted by Crippen LogP contribution is 2.42. The highest BCUT2D eigenvalue weighted by Gasteiger charge is 2.41. The van der Waals surface area contributed by atoms with Crippen LogP contribution in [-0.4, -0.2) is 29.5 Å². The second-order valence-electron chi connectivity index (χ2n) is 8.46. The van der Waals surface area contributed by atoms with E-state index >= 15 is 0 Å². The van der Waals surface area contributed by atoms with Crippen LogP contribution in [-0.2, 0) is 6.54 Å². The van der Waals surface area contributed by atoms with E-state index in [2.05, 4.69) is 68.7 Å². The molecular weight excluding hydrogens is 428 g/mol. The van der Waals surface area contributed by atoms with Gasteiger partial charge in [0.05, 0.1) is 17.8 Å². The summed E-state index contributed by atoms with van der Waals surface area (Å²) in [6.07, 6.45) is 7.34. The lowest BCUT2D eigenvalue weighted by atomic mass is 9.96. The molecule has 0 unspecified atom stereocenters. The fourth-order valence-electron chi connectivity index (χ4n) is 4.68. The van der Waals surface area contributed by atoms with E-state index in [0.717, 1.165) is 33.6 Å². The van der Waals surface area contributed by atoms with Crippen molar-refractivity contribution in [2.75, 3.05) is 0 Å². The molecule has 1 saturated heterocycles. The summed E-state index contributed by atoms with van der Waals surface area (Å²) in [6.45, 7) is 7.07. The van der Waals surface area contributed by atoms with Crippen molar-refractivity contribution in [1.29, 1.82) is 0 Å². The summed E-state index contributed by atoms with van der Waals surface area (Å²) in [5.74, 6) is 0.930. The molecule has 33 heavy (non-hydrogen) atoms. The van der Waals surface area contributed by atoms with Crippen molar-refractivity contribution < 1.29 is 0 Å². The van der Waals surface area contributed by atoms with Crippen LogP contribution >= 0.6 is 12.2 Å². The predicted molar refractivity (Wildman–Crippen MR) is 133 cm³/mol. The summed E-state index contributed by atoms with van der Waals surface area (Å²) in [6, 6.07) is 16.4. The minimum absolute atomic E-state index is 0.00896. The van der Waals surface area contributed by atoms with Gasteiger partial charge in [-0.05, 0) is 92.1 Å². The number of aromatic nitrogens is 4. The number of hydrogen-bond donors (Lipinski definition) is 1. The molecule has 7 heteroatoms. The summed E-state index contributed by atoms with van der Waals surface area (Å²) in [7, 11) is 0. The molecule has 5 rings (SSSR count). The number of pyridine rings is 3. The van der Waals surface area contributed by atoms with E-state index in [4.69, 9.17) is 12.2 Å². The van der Waals surface area contributed by atoms with Crippen molar-refractivity contribution >= 4 is 17.3 Å². The van der Waals surface area contributed by atoms with Gasteiger partial charge in [-0.1, -0.05) is 6.07 Å². The van der Waals surface area contributed by atoms with Crippen LogP contribution in [0, 0.1) is 20.8 Å². The van der Waals surface area contributed by atoms with Gasteiger partial charge < -0.3 is 14.8 Å². The van der Waals surface area contributed by atoms with Crippen LogP contribution in [0.5, 0.6) is 0 Å². The number of rotatable bonds is 5. The Balaban J connectivity index is 1.62. The highest BCUT2D eigenvalue weighted by atomic mass is 32.1. The first-order chi connectivity index (χ1) is 16.0. The van der Waals surface area contributed by atoms with Gasteiger partial charge in [-0.2, -0.15) is 0 Å². The van der Waals surface area contributed by atoms with Gasteiger partial charge in [0.25, 0.3) is 0 Å². The number of nitrogens with zero attached hydrogens (tertiary/aromatic N) is 5. The minimum Gasteiger partial charge on any atom is -0.352 e. The second kappa shape index (κ2) is 8.75. The summed E-state index contributed by atoms with van der Waals surface area (Å²) in [5, 5.41) is 4.28. The lowest BCUT2D eigenvalue weighted by molar-refractivity contribution is 0.310. The number of nitrogens with one attached hydrogen (secondary N) is 1. The Morgan fingerprint density at radius 3 is 2.48 bits per heavy atom. The van der Waals surface area contributed by atoms with E-state index in [1.807, 2.05) is 55.1 Å². The Morgan fingerprint density at radius 2 is 1.76 bits per heavy atom. The average molecular weight is 455 g/mol. The molecular formula is C26H26N6S. The Morgan fingerprint density at radius 1 is 0.939 bits per heavy atom. The molecule has 1 N–H and O–H groups in total. The Hall–Kier alpha value is -3.58. The van der Waals surface area contributed by atoms with Crippen molar-refractivity contribution in [2.45, 2.75) is 39.4 Å². The molecule has 0 amide bonds. The monoisotopic (exact) mass is 454 g/mol. The fourth-order valence-corrected chi connectivity index (χ4v) is 4.99. The van der Waals surface area contributed by atoms with Crippen LogP contribution < -0.4 is 5.32 Å². The maximum absolute atomic E-state index is 5.84. The van der Waals surface area contributed by atoms with E-state index in [9.17, 15) is 0 Å². The second-order valence-corrected chi connectivity index (χ2v) is 8.85. The Bertz CT molecular complexity index is 1280. The van der Waals surface area contributed by atoms with Gasteiger partial charge in [-0.15, -0.1) is 0 Å². The number of aryl methyl sites for hydroxylation is 2. The zero-order valence-corrected chi connectivity index (χ0v) is 19.8. The maximum Gasteiger partial charge on any atom is 0.170 e. The first-order valence-electron chi connectivity index (χ1n) is 11.0. The van der Waals surface area contributed by atoms with Gasteiger partial charge in [0.15, 0.2) is 5.11 Å². The van der Waals surface area contributed by atoms with Crippen LogP contribution in [0.25, 0.3) is 5.82 Å². The number of thiocarbonyl (C=S) groups is 1. The van der Waals surface area contributed by atoms with E-state index in [1.165, 1.54) is 11.1 Å². The van der Waals surface area contributed by atoms with Crippen molar-refractivity contribution in [2.24, 2.45) is 0 Å². The zero-order valence-electron chi connectivity index (χ0n) is 18.9. The van der Waals surface area contributed by atoms with Gasteiger partial charge in [0, 0.05) is 42.7 Å². The van der Waals surface area contributed by atoms with Gasteiger partial charge in [0.2, 0.25) is 0 Å². The van der Waals surface area contributed by atoms with Gasteiger partial charge >= 0.3 is 0 Å². The first kappa shape index (κ1) is 21.3. The van der Waals surface area contributed by atoms with Crippen molar-refractivity contribution in [3.05, 3.63) is 107 Å². The van der Waals surface area contributed by atoms with Crippen molar-refractivity contribution in [3.8, 4) is 5.82 Å². The molecule has 1 aliphatic rings. The third kappa shape index (κ3) is 4.00.